The van der Waals surface area contributed by atoms with Gasteiger partial charge in [-0.05, 0) is 25.5 Å². The normalized spacial score (nSPS) is 18.6. The van der Waals surface area contributed by atoms with Crippen molar-refractivity contribution >= 4 is 17.2 Å². The number of rotatable bonds is 6. The van der Waals surface area contributed by atoms with Crippen molar-refractivity contribution < 1.29 is 14.4 Å². The van der Waals surface area contributed by atoms with E-state index in [4.69, 9.17) is 9.47 Å². The summed E-state index contributed by atoms with van der Waals surface area (Å²) in [6.45, 7) is 3.39. The first-order chi connectivity index (χ1) is 11.6. The Kier molecular flexibility index (Phi) is 4.72. The van der Waals surface area contributed by atoms with Crippen molar-refractivity contribution in [3.8, 4) is 0 Å². The van der Waals surface area contributed by atoms with Gasteiger partial charge in [0.1, 0.15) is 5.65 Å². The SMILES string of the molecule is CC(COC1CCOC1)Nc1nc2ccccn2c(=O)c1[N+](=O)[O-]. The lowest BCUT2D eigenvalue weighted by Gasteiger charge is -2.17. The zero-order valence-corrected chi connectivity index (χ0v) is 13.2. The number of nitrogens with one attached hydrogen (secondary N) is 1. The summed E-state index contributed by atoms with van der Waals surface area (Å²) in [6, 6.07) is 4.70. The van der Waals surface area contributed by atoms with Crippen LogP contribution in [0, 0.1) is 10.1 Å². The Balaban J connectivity index is 1.83. The van der Waals surface area contributed by atoms with E-state index in [2.05, 4.69) is 10.3 Å². The summed E-state index contributed by atoms with van der Waals surface area (Å²) in [7, 11) is 0. The quantitative estimate of drug-likeness (QED) is 0.625. The van der Waals surface area contributed by atoms with Gasteiger partial charge in [-0.2, -0.15) is 0 Å². The summed E-state index contributed by atoms with van der Waals surface area (Å²) in [6.07, 6.45) is 2.33. The Bertz CT molecular complexity index is 800. The second-order valence-electron chi connectivity index (χ2n) is 5.66. The fourth-order valence-corrected chi connectivity index (χ4v) is 2.54. The molecule has 0 bridgehead atoms. The minimum absolute atomic E-state index is 0.0411. The summed E-state index contributed by atoms with van der Waals surface area (Å²) in [4.78, 5) is 27.1. The van der Waals surface area contributed by atoms with Gasteiger partial charge in [-0.1, -0.05) is 6.07 Å². The van der Waals surface area contributed by atoms with Crippen molar-refractivity contribution in [2.24, 2.45) is 0 Å². The molecule has 1 aliphatic rings. The molecule has 24 heavy (non-hydrogen) atoms. The predicted molar refractivity (Wildman–Crippen MR) is 86.4 cm³/mol. The summed E-state index contributed by atoms with van der Waals surface area (Å²) >= 11 is 0. The topological polar surface area (TPSA) is 108 Å². The number of anilines is 1. The molecule has 0 amide bonds. The first kappa shape index (κ1) is 16.3. The highest BCUT2D eigenvalue weighted by atomic mass is 16.6. The second-order valence-corrected chi connectivity index (χ2v) is 5.66. The third-order valence-electron chi connectivity index (χ3n) is 3.75. The number of nitrogens with zero attached hydrogens (tertiary/aromatic N) is 3. The molecule has 2 atom stereocenters. The number of fused-ring (bicyclic) bond motifs is 1. The minimum Gasteiger partial charge on any atom is -0.379 e. The standard InChI is InChI=1S/C15H18N4O5/c1-10(8-24-11-5-7-23-9-11)16-14-13(19(21)22)15(20)18-6-3-2-4-12(18)17-14/h2-4,6,10-11,16H,5,7-9H2,1H3. The van der Waals surface area contributed by atoms with Crippen LogP contribution in [0.25, 0.3) is 5.65 Å². The average molecular weight is 334 g/mol. The molecule has 2 aromatic heterocycles. The maximum absolute atomic E-state index is 12.3. The molecule has 1 N–H and O–H groups in total. The van der Waals surface area contributed by atoms with Crippen molar-refractivity contribution in [1.82, 2.24) is 9.38 Å². The Morgan fingerprint density at radius 1 is 1.58 bits per heavy atom. The molecule has 0 aliphatic carbocycles. The van der Waals surface area contributed by atoms with Gasteiger partial charge in [-0.3, -0.25) is 19.3 Å². The number of pyridine rings is 1. The molecule has 1 saturated heterocycles. The van der Waals surface area contributed by atoms with Crippen molar-refractivity contribution in [3.05, 3.63) is 44.9 Å². The highest BCUT2D eigenvalue weighted by Gasteiger charge is 2.25. The van der Waals surface area contributed by atoms with Gasteiger partial charge in [0, 0.05) is 18.8 Å². The Labute approximate surface area is 137 Å². The van der Waals surface area contributed by atoms with Crippen LogP contribution in [-0.2, 0) is 9.47 Å². The molecular weight excluding hydrogens is 316 g/mol. The molecule has 2 unspecified atom stereocenters. The maximum Gasteiger partial charge on any atom is 0.376 e. The third kappa shape index (κ3) is 3.36. The van der Waals surface area contributed by atoms with Gasteiger partial charge in [0.05, 0.1) is 24.2 Å². The third-order valence-corrected chi connectivity index (χ3v) is 3.75. The van der Waals surface area contributed by atoms with Crippen LogP contribution in [0.5, 0.6) is 0 Å². The van der Waals surface area contributed by atoms with Crippen LogP contribution >= 0.6 is 0 Å². The zero-order valence-electron chi connectivity index (χ0n) is 13.2. The molecule has 2 aromatic rings. The molecule has 3 heterocycles. The average Bonchev–Trinajstić information content (AvgIpc) is 3.06. The van der Waals surface area contributed by atoms with Gasteiger partial charge in [-0.15, -0.1) is 0 Å². The zero-order chi connectivity index (χ0) is 17.1. The molecule has 9 nitrogen and oxygen atoms in total. The fraction of sp³-hybridized carbons (Fsp3) is 0.467. The molecule has 0 spiro atoms. The Morgan fingerprint density at radius 3 is 3.12 bits per heavy atom. The van der Waals surface area contributed by atoms with Crippen LogP contribution in [0.3, 0.4) is 0 Å². The van der Waals surface area contributed by atoms with E-state index in [0.29, 0.717) is 25.5 Å². The number of hydrogen-bond donors (Lipinski definition) is 1. The molecule has 0 radical (unpaired) electrons. The highest BCUT2D eigenvalue weighted by Crippen LogP contribution is 2.19. The predicted octanol–water partition coefficient (Wildman–Crippen LogP) is 1.21. The van der Waals surface area contributed by atoms with Gasteiger partial charge < -0.3 is 14.8 Å². The molecule has 0 aromatic carbocycles. The summed E-state index contributed by atoms with van der Waals surface area (Å²) < 4.78 is 12.1. The molecule has 1 aliphatic heterocycles. The number of hydrogen-bond acceptors (Lipinski definition) is 7. The van der Waals surface area contributed by atoms with Gasteiger partial charge in [0.25, 0.3) is 0 Å². The van der Waals surface area contributed by atoms with Gasteiger partial charge in [0.2, 0.25) is 5.82 Å². The molecule has 1 fully saturated rings. The van der Waals surface area contributed by atoms with Crippen LogP contribution in [-0.4, -0.2) is 46.3 Å². The fourth-order valence-electron chi connectivity index (χ4n) is 2.54. The first-order valence-electron chi connectivity index (χ1n) is 7.68. The van der Waals surface area contributed by atoms with Crippen molar-refractivity contribution in [3.63, 3.8) is 0 Å². The largest absolute Gasteiger partial charge is 0.379 e. The van der Waals surface area contributed by atoms with Crippen molar-refractivity contribution in [1.29, 1.82) is 0 Å². The molecule has 3 rings (SSSR count). The van der Waals surface area contributed by atoms with Gasteiger partial charge in [0.15, 0.2) is 0 Å². The molecule has 9 heteroatoms. The smallest absolute Gasteiger partial charge is 0.376 e. The summed E-state index contributed by atoms with van der Waals surface area (Å²) in [5.41, 5.74) is -0.951. The highest BCUT2D eigenvalue weighted by molar-refractivity contribution is 5.60. The van der Waals surface area contributed by atoms with E-state index in [-0.39, 0.29) is 18.0 Å². The molecular formula is C15H18N4O5. The van der Waals surface area contributed by atoms with Gasteiger partial charge in [-0.25, -0.2) is 4.98 Å². The minimum atomic E-state index is -0.717. The van der Waals surface area contributed by atoms with E-state index in [1.807, 2.05) is 6.92 Å². The van der Waals surface area contributed by atoms with E-state index < -0.39 is 16.2 Å². The van der Waals surface area contributed by atoms with Crippen LogP contribution in [0.4, 0.5) is 11.5 Å². The monoisotopic (exact) mass is 334 g/mol. The summed E-state index contributed by atoms with van der Waals surface area (Å²) in [5, 5.41) is 14.2. The first-order valence-corrected chi connectivity index (χ1v) is 7.68. The van der Waals surface area contributed by atoms with E-state index in [1.165, 1.54) is 6.20 Å². The lowest BCUT2D eigenvalue weighted by Crippen LogP contribution is -2.28. The van der Waals surface area contributed by atoms with E-state index in [0.717, 1.165) is 10.8 Å². The lowest BCUT2D eigenvalue weighted by molar-refractivity contribution is -0.385. The van der Waals surface area contributed by atoms with E-state index in [9.17, 15) is 14.9 Å². The van der Waals surface area contributed by atoms with E-state index in [1.54, 1.807) is 18.2 Å². The Hall–Kier alpha value is -2.52. The lowest BCUT2D eigenvalue weighted by atomic mass is 10.3. The van der Waals surface area contributed by atoms with Crippen LogP contribution in [0.2, 0.25) is 0 Å². The second kappa shape index (κ2) is 6.93. The van der Waals surface area contributed by atoms with E-state index >= 15 is 0 Å². The Morgan fingerprint density at radius 2 is 2.42 bits per heavy atom. The van der Waals surface area contributed by atoms with Crippen LogP contribution in [0.15, 0.2) is 29.2 Å². The number of nitro groups is 1. The summed E-state index contributed by atoms with van der Waals surface area (Å²) in [5.74, 6) is -0.0463. The van der Waals surface area contributed by atoms with Crippen molar-refractivity contribution in [2.75, 3.05) is 25.1 Å². The van der Waals surface area contributed by atoms with Crippen LogP contribution < -0.4 is 10.9 Å². The number of aromatic nitrogens is 2. The molecule has 0 saturated carbocycles. The number of ether oxygens (including phenoxy) is 2. The van der Waals surface area contributed by atoms with Crippen molar-refractivity contribution in [2.45, 2.75) is 25.5 Å². The van der Waals surface area contributed by atoms with Gasteiger partial charge >= 0.3 is 11.2 Å². The molecule has 128 valence electrons. The van der Waals surface area contributed by atoms with Crippen LogP contribution in [0.1, 0.15) is 13.3 Å². The maximum atomic E-state index is 12.3.